The maximum absolute atomic E-state index is 15.5. The summed E-state index contributed by atoms with van der Waals surface area (Å²) in [5, 5.41) is 0. The summed E-state index contributed by atoms with van der Waals surface area (Å²) in [6.45, 7) is 7.56. The van der Waals surface area contributed by atoms with E-state index >= 15 is 4.39 Å². The molecule has 3 aromatic carbocycles. The number of imidazole rings is 1. The van der Waals surface area contributed by atoms with Gasteiger partial charge in [-0.3, -0.25) is 9.80 Å². The molecular weight excluding hydrogens is 563 g/mol. The van der Waals surface area contributed by atoms with Crippen LogP contribution >= 0.6 is 0 Å². The standard InChI is InChI=1S/C34H37FN4O3S/c1-43(40,41)29-10-6-25(7-11-29)33-36-32-30(35)16-26(17-31(32)39(33)28-8-9-28)24-4-2-23(3-5-24)18-37-19-34(20-37)21-38(22-34)27-12-14-42-15-13-27/h2-7,10-11,16-17,27-28H,8-9,12-15,18-22H2,1H3. The van der Waals surface area contributed by atoms with Gasteiger partial charge in [-0.25, -0.2) is 17.8 Å². The predicted octanol–water partition coefficient (Wildman–Crippen LogP) is 5.54. The van der Waals surface area contributed by atoms with Gasteiger partial charge in [0.15, 0.2) is 15.7 Å². The molecule has 0 amide bonds. The van der Waals surface area contributed by atoms with Gasteiger partial charge in [0, 0.05) is 75.3 Å². The van der Waals surface area contributed by atoms with Crippen molar-refractivity contribution in [3.8, 4) is 22.5 Å². The van der Waals surface area contributed by atoms with Crippen LogP contribution in [0.3, 0.4) is 0 Å². The molecule has 3 saturated heterocycles. The van der Waals surface area contributed by atoms with Crippen LogP contribution < -0.4 is 0 Å². The first kappa shape index (κ1) is 27.4. The second-order valence-electron chi connectivity index (χ2n) is 13.2. The summed E-state index contributed by atoms with van der Waals surface area (Å²) < 4.78 is 47.1. The van der Waals surface area contributed by atoms with Crippen molar-refractivity contribution in [1.29, 1.82) is 0 Å². The lowest BCUT2D eigenvalue weighted by molar-refractivity contribution is -0.143. The molecule has 4 aliphatic rings. The lowest BCUT2D eigenvalue weighted by atomic mass is 9.71. The van der Waals surface area contributed by atoms with Gasteiger partial charge in [-0.05, 0) is 78.8 Å². The van der Waals surface area contributed by atoms with Crippen LogP contribution in [0.5, 0.6) is 0 Å². The molecule has 224 valence electrons. The average Bonchev–Trinajstić information content (AvgIpc) is 3.73. The lowest BCUT2D eigenvalue weighted by Gasteiger charge is -2.62. The van der Waals surface area contributed by atoms with E-state index in [-0.39, 0.29) is 16.8 Å². The second kappa shape index (κ2) is 10.2. The van der Waals surface area contributed by atoms with Crippen molar-refractivity contribution in [2.45, 2.75) is 49.2 Å². The Morgan fingerprint density at radius 2 is 1.53 bits per heavy atom. The first-order valence-electron chi connectivity index (χ1n) is 15.4. The van der Waals surface area contributed by atoms with E-state index in [9.17, 15) is 8.42 Å². The third-order valence-corrected chi connectivity index (χ3v) is 10.9. The molecule has 1 spiro atoms. The molecule has 4 fully saturated rings. The zero-order chi connectivity index (χ0) is 29.3. The minimum absolute atomic E-state index is 0.260. The Morgan fingerprint density at radius 3 is 2.19 bits per heavy atom. The van der Waals surface area contributed by atoms with Gasteiger partial charge in [-0.1, -0.05) is 24.3 Å². The molecular formula is C34H37FN4O3S. The highest BCUT2D eigenvalue weighted by atomic mass is 32.2. The molecule has 0 bridgehead atoms. The van der Waals surface area contributed by atoms with Crippen LogP contribution in [0.1, 0.15) is 37.3 Å². The Hall–Kier alpha value is -3.11. The molecule has 43 heavy (non-hydrogen) atoms. The van der Waals surface area contributed by atoms with Gasteiger partial charge in [0.2, 0.25) is 0 Å². The summed E-state index contributed by atoms with van der Waals surface area (Å²) in [7, 11) is -3.30. The van der Waals surface area contributed by atoms with Gasteiger partial charge in [-0.2, -0.15) is 0 Å². The Morgan fingerprint density at radius 1 is 0.860 bits per heavy atom. The number of halogens is 1. The fraction of sp³-hybridized carbons (Fsp3) is 0.441. The maximum Gasteiger partial charge on any atom is 0.175 e. The molecule has 4 heterocycles. The van der Waals surface area contributed by atoms with Gasteiger partial charge >= 0.3 is 0 Å². The highest BCUT2D eigenvalue weighted by molar-refractivity contribution is 7.90. The quantitative estimate of drug-likeness (QED) is 0.277. The van der Waals surface area contributed by atoms with Crippen molar-refractivity contribution < 1.29 is 17.5 Å². The van der Waals surface area contributed by atoms with E-state index < -0.39 is 9.84 Å². The predicted molar refractivity (Wildman–Crippen MR) is 165 cm³/mol. The Kier molecular flexibility index (Phi) is 6.53. The molecule has 8 rings (SSSR count). The average molecular weight is 601 g/mol. The summed E-state index contributed by atoms with van der Waals surface area (Å²) in [5.41, 5.74) is 5.51. The number of sulfone groups is 1. The van der Waals surface area contributed by atoms with Crippen molar-refractivity contribution in [3.63, 3.8) is 0 Å². The molecule has 0 atom stereocenters. The van der Waals surface area contributed by atoms with Crippen LogP contribution in [0.15, 0.2) is 65.6 Å². The highest BCUT2D eigenvalue weighted by Crippen LogP contribution is 2.44. The van der Waals surface area contributed by atoms with Crippen molar-refractivity contribution in [1.82, 2.24) is 19.4 Å². The van der Waals surface area contributed by atoms with Crippen LogP contribution in [0.4, 0.5) is 4.39 Å². The molecule has 0 radical (unpaired) electrons. The SMILES string of the molecule is CS(=O)(=O)c1ccc(-c2nc3c(F)cc(-c4ccc(CN5CC6(C5)CN(C5CCOCC5)C6)cc4)cc3n2C2CC2)cc1. The number of hydrogen-bond acceptors (Lipinski definition) is 6. The number of benzene rings is 3. The van der Waals surface area contributed by atoms with Gasteiger partial charge < -0.3 is 9.30 Å². The van der Waals surface area contributed by atoms with Gasteiger partial charge in [-0.15, -0.1) is 0 Å². The fourth-order valence-corrected chi connectivity index (χ4v) is 8.11. The summed E-state index contributed by atoms with van der Waals surface area (Å²) in [6, 6.07) is 19.9. The van der Waals surface area contributed by atoms with Crippen molar-refractivity contribution >= 4 is 20.9 Å². The summed E-state index contributed by atoms with van der Waals surface area (Å²) in [4.78, 5) is 10.2. The number of fused-ring (bicyclic) bond motifs is 1. The first-order chi connectivity index (χ1) is 20.7. The lowest BCUT2D eigenvalue weighted by Crippen LogP contribution is -2.73. The molecule has 9 heteroatoms. The summed E-state index contributed by atoms with van der Waals surface area (Å²) in [6.07, 6.45) is 5.58. The van der Waals surface area contributed by atoms with Crippen LogP contribution in [0, 0.1) is 11.2 Å². The first-order valence-corrected chi connectivity index (χ1v) is 17.3. The summed E-state index contributed by atoms with van der Waals surface area (Å²) >= 11 is 0. The van der Waals surface area contributed by atoms with Gasteiger partial charge in [0.05, 0.1) is 10.4 Å². The molecule has 0 unspecified atom stereocenters. The zero-order valence-corrected chi connectivity index (χ0v) is 25.3. The number of rotatable bonds is 7. The second-order valence-corrected chi connectivity index (χ2v) is 15.3. The molecule has 7 nitrogen and oxygen atoms in total. The van der Waals surface area contributed by atoms with Crippen LogP contribution in [-0.4, -0.2) is 79.5 Å². The monoisotopic (exact) mass is 600 g/mol. The molecule has 3 aliphatic heterocycles. The van der Waals surface area contributed by atoms with Gasteiger partial charge in [0.25, 0.3) is 0 Å². The normalized spacial score (nSPS) is 21.3. The van der Waals surface area contributed by atoms with E-state index in [1.54, 1.807) is 30.3 Å². The zero-order valence-electron chi connectivity index (χ0n) is 24.5. The molecule has 4 aromatic rings. The Bertz CT molecular complexity index is 1780. The van der Waals surface area contributed by atoms with Crippen molar-refractivity contribution in [2.24, 2.45) is 5.41 Å². The van der Waals surface area contributed by atoms with E-state index in [1.807, 2.05) is 6.07 Å². The number of nitrogens with zero attached hydrogens (tertiary/aromatic N) is 4. The number of aromatic nitrogens is 2. The van der Waals surface area contributed by atoms with Gasteiger partial charge in [0.1, 0.15) is 11.3 Å². The highest BCUT2D eigenvalue weighted by Gasteiger charge is 2.52. The van der Waals surface area contributed by atoms with E-state index in [0.717, 1.165) is 54.8 Å². The topological polar surface area (TPSA) is 67.7 Å². The fourth-order valence-electron chi connectivity index (χ4n) is 7.48. The molecule has 1 aliphatic carbocycles. The Labute approximate surface area is 252 Å². The largest absolute Gasteiger partial charge is 0.381 e. The minimum Gasteiger partial charge on any atom is -0.381 e. The van der Waals surface area contributed by atoms with E-state index in [0.29, 0.717) is 22.8 Å². The van der Waals surface area contributed by atoms with Crippen molar-refractivity contribution in [3.05, 3.63) is 72.0 Å². The number of ether oxygens (including phenoxy) is 1. The molecule has 1 saturated carbocycles. The summed E-state index contributed by atoms with van der Waals surface area (Å²) in [5.74, 6) is 0.338. The van der Waals surface area contributed by atoms with E-state index in [2.05, 4.69) is 38.6 Å². The number of likely N-dealkylation sites (tertiary alicyclic amines) is 2. The molecule has 1 aromatic heterocycles. The third kappa shape index (κ3) is 5.10. The van der Waals surface area contributed by atoms with Crippen LogP contribution in [0.25, 0.3) is 33.5 Å². The third-order valence-electron chi connectivity index (χ3n) is 9.80. The smallest absolute Gasteiger partial charge is 0.175 e. The minimum atomic E-state index is -3.30. The van der Waals surface area contributed by atoms with Crippen LogP contribution in [0.2, 0.25) is 0 Å². The van der Waals surface area contributed by atoms with E-state index in [4.69, 9.17) is 9.72 Å². The molecule has 0 N–H and O–H groups in total. The number of hydrogen-bond donors (Lipinski definition) is 0. The van der Waals surface area contributed by atoms with E-state index in [1.165, 1.54) is 50.8 Å². The Balaban J connectivity index is 0.985. The van der Waals surface area contributed by atoms with Crippen molar-refractivity contribution in [2.75, 3.05) is 45.6 Å². The van der Waals surface area contributed by atoms with Crippen LogP contribution in [-0.2, 0) is 21.1 Å². The maximum atomic E-state index is 15.5.